The third-order valence-corrected chi connectivity index (χ3v) is 3.07. The highest BCUT2D eigenvalue weighted by atomic mass is 16.5. The lowest BCUT2D eigenvalue weighted by atomic mass is 9.89. The fraction of sp³-hybridized carbons (Fsp3) is 0.692. The minimum absolute atomic E-state index is 0.168. The Balaban J connectivity index is 1.99. The van der Waals surface area contributed by atoms with E-state index >= 15 is 0 Å². The monoisotopic (exact) mass is 254 g/mol. The first kappa shape index (κ1) is 14.5. The van der Waals surface area contributed by atoms with Crippen LogP contribution in [0.3, 0.4) is 0 Å². The highest BCUT2D eigenvalue weighted by Crippen LogP contribution is 2.22. The molecule has 2 amide bonds. The van der Waals surface area contributed by atoms with Crippen molar-refractivity contribution >= 4 is 12.0 Å². The van der Waals surface area contributed by atoms with Gasteiger partial charge in [-0.3, -0.25) is 0 Å². The minimum Gasteiger partial charge on any atom is -0.461 e. The van der Waals surface area contributed by atoms with Crippen molar-refractivity contribution in [3.63, 3.8) is 0 Å². The summed E-state index contributed by atoms with van der Waals surface area (Å²) in [7, 11) is 0. The highest BCUT2D eigenvalue weighted by molar-refractivity contribution is 5.81. The molecule has 0 bridgehead atoms. The van der Waals surface area contributed by atoms with Crippen LogP contribution in [-0.4, -0.2) is 31.7 Å². The molecule has 102 valence electrons. The number of hydrogen-bond donors (Lipinski definition) is 2. The normalized spacial score (nSPS) is 15.8. The average molecular weight is 254 g/mol. The second kappa shape index (κ2) is 8.55. The van der Waals surface area contributed by atoms with Crippen molar-refractivity contribution in [2.45, 2.75) is 32.1 Å². The van der Waals surface area contributed by atoms with E-state index in [1.54, 1.807) is 0 Å². The Morgan fingerprint density at radius 3 is 2.61 bits per heavy atom. The number of hydrogen-bond acceptors (Lipinski definition) is 3. The van der Waals surface area contributed by atoms with Crippen LogP contribution in [0.1, 0.15) is 32.1 Å². The standard InChI is InChI=1S/C13H22N2O3/c1-2-12(16)18-9-8-14-13(17)15-10-11-6-4-3-5-7-11/h2,11H,1,3-10H2,(H2,14,15,17). The van der Waals surface area contributed by atoms with Crippen molar-refractivity contribution in [3.8, 4) is 0 Å². The lowest BCUT2D eigenvalue weighted by Crippen LogP contribution is -2.40. The zero-order valence-corrected chi connectivity index (χ0v) is 10.7. The van der Waals surface area contributed by atoms with E-state index in [9.17, 15) is 9.59 Å². The van der Waals surface area contributed by atoms with Crippen molar-refractivity contribution in [1.29, 1.82) is 0 Å². The predicted octanol–water partition coefficient (Wildman–Crippen LogP) is 1.60. The molecule has 0 aromatic rings. The molecule has 1 aliphatic carbocycles. The Kier molecular flexibility index (Phi) is 6.91. The number of amides is 2. The van der Waals surface area contributed by atoms with Crippen molar-refractivity contribution < 1.29 is 14.3 Å². The van der Waals surface area contributed by atoms with Gasteiger partial charge in [0.25, 0.3) is 0 Å². The summed E-state index contributed by atoms with van der Waals surface area (Å²) < 4.78 is 4.74. The Bertz CT molecular complexity index is 286. The number of nitrogens with one attached hydrogen (secondary N) is 2. The van der Waals surface area contributed by atoms with E-state index in [-0.39, 0.29) is 12.6 Å². The second-order valence-corrected chi connectivity index (χ2v) is 4.51. The largest absolute Gasteiger partial charge is 0.461 e. The predicted molar refractivity (Wildman–Crippen MR) is 69.1 cm³/mol. The molecule has 0 heterocycles. The Morgan fingerprint density at radius 2 is 1.94 bits per heavy atom. The van der Waals surface area contributed by atoms with Crippen LogP contribution in [0.25, 0.3) is 0 Å². The molecule has 0 radical (unpaired) electrons. The van der Waals surface area contributed by atoms with E-state index in [2.05, 4.69) is 17.2 Å². The maximum Gasteiger partial charge on any atom is 0.330 e. The number of esters is 1. The first-order chi connectivity index (χ1) is 8.72. The second-order valence-electron chi connectivity index (χ2n) is 4.51. The van der Waals surface area contributed by atoms with Crippen LogP contribution in [0.4, 0.5) is 4.79 Å². The van der Waals surface area contributed by atoms with Gasteiger partial charge in [-0.25, -0.2) is 9.59 Å². The van der Waals surface area contributed by atoms with Crippen molar-refractivity contribution in [2.75, 3.05) is 19.7 Å². The summed E-state index contributed by atoms with van der Waals surface area (Å²) >= 11 is 0. The molecule has 0 aromatic carbocycles. The molecule has 1 aliphatic rings. The summed E-state index contributed by atoms with van der Waals surface area (Å²) in [6.45, 7) is 4.50. The number of ether oxygens (including phenoxy) is 1. The molecule has 5 heteroatoms. The van der Waals surface area contributed by atoms with Gasteiger partial charge in [0, 0.05) is 12.6 Å². The molecular formula is C13H22N2O3. The van der Waals surface area contributed by atoms with Crippen LogP contribution < -0.4 is 10.6 Å². The van der Waals surface area contributed by atoms with Crippen LogP contribution in [0.15, 0.2) is 12.7 Å². The lowest BCUT2D eigenvalue weighted by molar-refractivity contribution is -0.137. The fourth-order valence-corrected chi connectivity index (χ4v) is 2.07. The van der Waals surface area contributed by atoms with E-state index in [0.717, 1.165) is 12.6 Å². The van der Waals surface area contributed by atoms with Crippen molar-refractivity contribution in [2.24, 2.45) is 5.92 Å². The van der Waals surface area contributed by atoms with Gasteiger partial charge in [0.1, 0.15) is 6.61 Å². The van der Waals surface area contributed by atoms with E-state index < -0.39 is 5.97 Å². The number of carbonyl (C=O) groups excluding carboxylic acids is 2. The lowest BCUT2D eigenvalue weighted by Gasteiger charge is -2.21. The molecule has 0 aliphatic heterocycles. The molecule has 1 saturated carbocycles. The molecular weight excluding hydrogens is 232 g/mol. The molecule has 1 rings (SSSR count). The number of urea groups is 1. The Morgan fingerprint density at radius 1 is 1.22 bits per heavy atom. The first-order valence-corrected chi connectivity index (χ1v) is 6.53. The summed E-state index contributed by atoms with van der Waals surface area (Å²) in [5, 5.41) is 5.48. The summed E-state index contributed by atoms with van der Waals surface area (Å²) in [4.78, 5) is 22.1. The van der Waals surface area contributed by atoms with Gasteiger partial charge in [-0.1, -0.05) is 25.8 Å². The van der Waals surface area contributed by atoms with Crippen LogP contribution in [-0.2, 0) is 9.53 Å². The zero-order valence-electron chi connectivity index (χ0n) is 10.7. The van der Waals surface area contributed by atoms with Gasteiger partial charge < -0.3 is 15.4 Å². The van der Waals surface area contributed by atoms with Gasteiger partial charge in [0.15, 0.2) is 0 Å². The Labute approximate surface area is 108 Å². The van der Waals surface area contributed by atoms with Crippen molar-refractivity contribution in [1.82, 2.24) is 10.6 Å². The molecule has 1 fully saturated rings. The van der Waals surface area contributed by atoms with E-state index in [4.69, 9.17) is 4.74 Å². The SMILES string of the molecule is C=CC(=O)OCCNC(=O)NCC1CCCCC1. The maximum atomic E-state index is 11.4. The van der Waals surface area contributed by atoms with Gasteiger partial charge in [0.05, 0.1) is 6.54 Å². The maximum absolute atomic E-state index is 11.4. The van der Waals surface area contributed by atoms with E-state index in [0.29, 0.717) is 12.5 Å². The smallest absolute Gasteiger partial charge is 0.330 e. The van der Waals surface area contributed by atoms with Gasteiger partial charge in [0.2, 0.25) is 0 Å². The van der Waals surface area contributed by atoms with Crippen LogP contribution in [0.5, 0.6) is 0 Å². The van der Waals surface area contributed by atoms with Crippen molar-refractivity contribution in [3.05, 3.63) is 12.7 Å². The van der Waals surface area contributed by atoms with Crippen LogP contribution in [0, 0.1) is 5.92 Å². The molecule has 0 atom stereocenters. The van der Waals surface area contributed by atoms with Gasteiger partial charge in [-0.15, -0.1) is 0 Å². The number of rotatable bonds is 6. The highest BCUT2D eigenvalue weighted by Gasteiger charge is 2.13. The third-order valence-electron chi connectivity index (χ3n) is 3.07. The van der Waals surface area contributed by atoms with Gasteiger partial charge >= 0.3 is 12.0 Å². The topological polar surface area (TPSA) is 67.4 Å². The first-order valence-electron chi connectivity index (χ1n) is 6.53. The molecule has 0 saturated heterocycles. The molecule has 2 N–H and O–H groups in total. The molecule has 0 spiro atoms. The summed E-state index contributed by atoms with van der Waals surface area (Å²) in [6.07, 6.45) is 7.37. The zero-order chi connectivity index (χ0) is 13.2. The fourth-order valence-electron chi connectivity index (χ4n) is 2.07. The quantitative estimate of drug-likeness (QED) is 0.430. The van der Waals surface area contributed by atoms with Gasteiger partial charge in [-0.05, 0) is 18.8 Å². The third kappa shape index (κ3) is 6.27. The average Bonchev–Trinajstić information content (AvgIpc) is 2.42. The van der Waals surface area contributed by atoms with E-state index in [1.165, 1.54) is 32.1 Å². The summed E-state index contributed by atoms with van der Waals surface area (Å²) in [6, 6.07) is -0.199. The molecule has 0 unspecified atom stereocenters. The molecule has 18 heavy (non-hydrogen) atoms. The van der Waals surface area contributed by atoms with E-state index in [1.807, 2.05) is 0 Å². The number of carbonyl (C=O) groups is 2. The molecule has 5 nitrogen and oxygen atoms in total. The minimum atomic E-state index is -0.473. The Hall–Kier alpha value is -1.52. The van der Waals surface area contributed by atoms with Crippen LogP contribution >= 0.6 is 0 Å². The summed E-state index contributed by atoms with van der Waals surface area (Å²) in [5.74, 6) is 0.141. The van der Waals surface area contributed by atoms with Crippen LogP contribution in [0.2, 0.25) is 0 Å². The summed E-state index contributed by atoms with van der Waals surface area (Å²) in [5.41, 5.74) is 0. The molecule has 0 aromatic heterocycles. The van der Waals surface area contributed by atoms with Gasteiger partial charge in [-0.2, -0.15) is 0 Å².